The molecule has 0 saturated heterocycles. The number of para-hydroxylation sites is 1. The minimum absolute atomic E-state index is 0.0115. The van der Waals surface area contributed by atoms with E-state index in [2.05, 4.69) is 38.2 Å². The molecule has 3 rings (SSSR count). The predicted octanol–water partition coefficient (Wildman–Crippen LogP) is 5.07. The smallest absolute Gasteiger partial charge is 0.264 e. The molecular weight excluding hydrogens is 476 g/mol. The van der Waals surface area contributed by atoms with Crippen LogP contribution in [0.3, 0.4) is 0 Å². The highest BCUT2D eigenvalue weighted by Crippen LogP contribution is 2.32. The van der Waals surface area contributed by atoms with Crippen LogP contribution in [0, 0.1) is 0 Å². The molecule has 0 saturated carbocycles. The molecule has 0 aliphatic carbocycles. The van der Waals surface area contributed by atoms with Gasteiger partial charge in [0.25, 0.3) is 10.0 Å². The van der Waals surface area contributed by atoms with Crippen LogP contribution in [-0.4, -0.2) is 35.1 Å². The van der Waals surface area contributed by atoms with Gasteiger partial charge < -0.3 is 14.8 Å². The zero-order chi connectivity index (χ0) is 26.5. The molecule has 0 heterocycles. The van der Waals surface area contributed by atoms with Crippen LogP contribution in [0.2, 0.25) is 0 Å². The topological polar surface area (TPSA) is 84.9 Å². The molecule has 0 aliphatic heterocycles. The van der Waals surface area contributed by atoms with Crippen LogP contribution in [0.5, 0.6) is 11.5 Å². The number of carbonyl (C=O) groups is 1. The van der Waals surface area contributed by atoms with E-state index >= 15 is 0 Å². The molecule has 8 heteroatoms. The first-order chi connectivity index (χ1) is 17.0. The van der Waals surface area contributed by atoms with Crippen LogP contribution in [0.4, 0.5) is 5.69 Å². The highest BCUT2D eigenvalue weighted by atomic mass is 32.2. The lowest BCUT2D eigenvalue weighted by molar-refractivity contribution is -0.120. The minimum atomic E-state index is -4.09. The fourth-order valence-electron chi connectivity index (χ4n) is 3.79. The van der Waals surface area contributed by atoms with E-state index in [-0.39, 0.29) is 28.6 Å². The molecule has 0 radical (unpaired) electrons. The second-order valence-corrected chi connectivity index (χ2v) is 11.4. The number of hydrogen-bond donors (Lipinski definition) is 1. The van der Waals surface area contributed by atoms with Gasteiger partial charge in [-0.3, -0.25) is 9.10 Å². The van der Waals surface area contributed by atoms with Crippen LogP contribution in [0.1, 0.15) is 44.9 Å². The van der Waals surface area contributed by atoms with Gasteiger partial charge in [-0.15, -0.1) is 0 Å². The Labute approximate surface area is 214 Å². The Morgan fingerprint density at radius 3 is 2.08 bits per heavy atom. The zero-order valence-corrected chi connectivity index (χ0v) is 22.4. The normalized spacial score (nSPS) is 12.5. The van der Waals surface area contributed by atoms with Gasteiger partial charge in [0.15, 0.2) is 11.5 Å². The van der Waals surface area contributed by atoms with Gasteiger partial charge in [-0.1, -0.05) is 63.2 Å². The summed E-state index contributed by atoms with van der Waals surface area (Å²) >= 11 is 0. The van der Waals surface area contributed by atoms with Gasteiger partial charge in [0.1, 0.15) is 6.54 Å². The maximum atomic E-state index is 13.7. The molecule has 7 nitrogen and oxygen atoms in total. The fourth-order valence-corrected chi connectivity index (χ4v) is 5.22. The molecule has 36 heavy (non-hydrogen) atoms. The van der Waals surface area contributed by atoms with Crippen molar-refractivity contribution in [2.45, 2.75) is 44.0 Å². The average molecular weight is 511 g/mol. The standard InChI is InChI=1S/C28H34N2O5S/c1-20(21-12-14-22(15-13-21)28(2,3)4)29-27(31)19-30(23-10-8-7-9-11-23)36(32,33)24-16-17-25(34-5)26(18-24)35-6/h7-18,20H,19H2,1-6H3,(H,29,31)/t20-/m1/s1. The Morgan fingerprint density at radius 2 is 1.53 bits per heavy atom. The summed E-state index contributed by atoms with van der Waals surface area (Å²) in [7, 11) is -1.18. The Kier molecular flexibility index (Phi) is 8.30. The van der Waals surface area contributed by atoms with Crippen molar-refractivity contribution >= 4 is 21.6 Å². The molecule has 0 fully saturated rings. The van der Waals surface area contributed by atoms with Crippen LogP contribution in [-0.2, 0) is 20.2 Å². The summed E-state index contributed by atoms with van der Waals surface area (Å²) in [6.07, 6.45) is 0. The second-order valence-electron chi connectivity index (χ2n) is 9.53. The molecule has 3 aromatic rings. The quantitative estimate of drug-likeness (QED) is 0.434. The third kappa shape index (κ3) is 6.18. The molecule has 0 aliphatic rings. The van der Waals surface area contributed by atoms with Crippen molar-refractivity contribution in [2.75, 3.05) is 25.1 Å². The van der Waals surface area contributed by atoms with E-state index in [1.54, 1.807) is 30.3 Å². The van der Waals surface area contributed by atoms with E-state index in [1.165, 1.54) is 38.0 Å². The van der Waals surface area contributed by atoms with Crippen molar-refractivity contribution in [1.29, 1.82) is 0 Å². The van der Waals surface area contributed by atoms with Crippen molar-refractivity contribution in [3.63, 3.8) is 0 Å². The summed E-state index contributed by atoms with van der Waals surface area (Å²) in [5, 5.41) is 2.93. The van der Waals surface area contributed by atoms with Crippen LogP contribution in [0.15, 0.2) is 77.7 Å². The van der Waals surface area contributed by atoms with Crippen molar-refractivity contribution in [3.05, 3.63) is 83.9 Å². The second kappa shape index (κ2) is 11.0. The van der Waals surface area contributed by atoms with Crippen molar-refractivity contribution in [1.82, 2.24) is 5.32 Å². The van der Waals surface area contributed by atoms with Gasteiger partial charge >= 0.3 is 0 Å². The molecule has 0 bridgehead atoms. The molecular formula is C28H34N2O5S. The number of rotatable bonds is 9. The lowest BCUT2D eigenvalue weighted by Crippen LogP contribution is -2.41. The summed E-state index contributed by atoms with van der Waals surface area (Å²) in [5.74, 6) is 0.269. The number of carbonyl (C=O) groups excluding carboxylic acids is 1. The summed E-state index contributed by atoms with van der Waals surface area (Å²) in [6, 6.07) is 20.7. The van der Waals surface area contributed by atoms with E-state index in [9.17, 15) is 13.2 Å². The number of anilines is 1. The monoisotopic (exact) mass is 510 g/mol. The molecule has 0 aromatic heterocycles. The first kappa shape index (κ1) is 27.1. The van der Waals surface area contributed by atoms with Gasteiger partial charge in [0, 0.05) is 6.07 Å². The number of benzene rings is 3. The predicted molar refractivity (Wildman–Crippen MR) is 142 cm³/mol. The highest BCUT2D eigenvalue weighted by molar-refractivity contribution is 7.92. The number of sulfonamides is 1. The van der Waals surface area contributed by atoms with E-state index in [0.717, 1.165) is 9.87 Å². The number of methoxy groups -OCH3 is 2. The molecule has 0 spiro atoms. The van der Waals surface area contributed by atoms with E-state index in [1.807, 2.05) is 19.1 Å². The zero-order valence-electron chi connectivity index (χ0n) is 21.6. The fraction of sp³-hybridized carbons (Fsp3) is 0.321. The largest absolute Gasteiger partial charge is 0.493 e. The van der Waals surface area contributed by atoms with Crippen molar-refractivity contribution in [2.24, 2.45) is 0 Å². The summed E-state index contributed by atoms with van der Waals surface area (Å²) in [5.41, 5.74) is 2.54. The first-order valence-electron chi connectivity index (χ1n) is 11.7. The number of hydrogen-bond acceptors (Lipinski definition) is 5. The lowest BCUT2D eigenvalue weighted by atomic mass is 9.86. The third-order valence-electron chi connectivity index (χ3n) is 5.93. The van der Waals surface area contributed by atoms with Gasteiger partial charge in [-0.25, -0.2) is 8.42 Å². The molecule has 1 N–H and O–H groups in total. The Morgan fingerprint density at radius 1 is 0.917 bits per heavy atom. The van der Waals surface area contributed by atoms with Crippen LogP contribution < -0.4 is 19.1 Å². The van der Waals surface area contributed by atoms with E-state index in [4.69, 9.17) is 9.47 Å². The third-order valence-corrected chi connectivity index (χ3v) is 7.70. The number of ether oxygens (including phenoxy) is 2. The van der Waals surface area contributed by atoms with Crippen LogP contribution >= 0.6 is 0 Å². The van der Waals surface area contributed by atoms with Crippen molar-refractivity contribution in [3.8, 4) is 11.5 Å². The van der Waals surface area contributed by atoms with Gasteiger partial charge in [0.05, 0.1) is 30.8 Å². The number of nitrogens with zero attached hydrogens (tertiary/aromatic N) is 1. The van der Waals surface area contributed by atoms with E-state index < -0.39 is 15.9 Å². The molecule has 192 valence electrons. The molecule has 1 amide bonds. The summed E-state index contributed by atoms with van der Waals surface area (Å²) in [4.78, 5) is 13.1. The molecule has 1 atom stereocenters. The molecule has 0 unspecified atom stereocenters. The first-order valence-corrected chi connectivity index (χ1v) is 13.1. The Hall–Kier alpha value is -3.52. The van der Waals surface area contributed by atoms with Crippen LogP contribution in [0.25, 0.3) is 0 Å². The highest BCUT2D eigenvalue weighted by Gasteiger charge is 2.29. The van der Waals surface area contributed by atoms with Crippen molar-refractivity contribution < 1.29 is 22.7 Å². The Bertz CT molecular complexity index is 1280. The minimum Gasteiger partial charge on any atom is -0.493 e. The van der Waals surface area contributed by atoms with E-state index in [0.29, 0.717) is 11.4 Å². The Balaban J connectivity index is 1.87. The average Bonchev–Trinajstić information content (AvgIpc) is 2.86. The summed E-state index contributed by atoms with van der Waals surface area (Å²) < 4.78 is 39.0. The maximum Gasteiger partial charge on any atom is 0.264 e. The number of nitrogens with one attached hydrogen (secondary N) is 1. The van der Waals surface area contributed by atoms with Gasteiger partial charge in [-0.05, 0) is 47.7 Å². The lowest BCUT2D eigenvalue weighted by Gasteiger charge is -2.25. The summed E-state index contributed by atoms with van der Waals surface area (Å²) in [6.45, 7) is 7.92. The number of amides is 1. The SMILES string of the molecule is COc1ccc(S(=O)(=O)N(CC(=O)N[C@H](C)c2ccc(C(C)(C)C)cc2)c2ccccc2)cc1OC. The maximum absolute atomic E-state index is 13.7. The van der Waals surface area contributed by atoms with Gasteiger partial charge in [0.2, 0.25) is 5.91 Å². The molecule has 3 aromatic carbocycles. The van der Waals surface area contributed by atoms with Gasteiger partial charge in [-0.2, -0.15) is 0 Å².